The topological polar surface area (TPSA) is 79.5 Å². The van der Waals surface area contributed by atoms with Crippen LogP contribution in [0.4, 0.5) is 5.69 Å². The molecule has 1 aliphatic heterocycles. The minimum Gasteiger partial charge on any atom is -0.493 e. The minimum absolute atomic E-state index is 0. The van der Waals surface area contributed by atoms with Crippen LogP contribution in [0.1, 0.15) is 30.4 Å². The Morgan fingerprint density at radius 1 is 1.13 bits per heavy atom. The summed E-state index contributed by atoms with van der Waals surface area (Å²) in [6.45, 7) is 4.67. The van der Waals surface area contributed by atoms with E-state index in [1.165, 1.54) is 0 Å². The van der Waals surface area contributed by atoms with Crippen LogP contribution in [0.5, 0.6) is 5.75 Å². The van der Waals surface area contributed by atoms with E-state index in [-0.39, 0.29) is 30.1 Å². The molecule has 2 amide bonds. The molecular formula is C23H30ClN3O3. The third kappa shape index (κ3) is 7.35. The van der Waals surface area contributed by atoms with Crippen LogP contribution in [-0.4, -0.2) is 31.5 Å². The van der Waals surface area contributed by atoms with Crippen molar-refractivity contribution >= 4 is 29.9 Å². The smallest absolute Gasteiger partial charge is 0.224 e. The maximum Gasteiger partial charge on any atom is 0.224 e. The molecule has 0 aromatic heterocycles. The van der Waals surface area contributed by atoms with E-state index < -0.39 is 0 Å². The normalized spacial score (nSPS) is 15.2. The van der Waals surface area contributed by atoms with Gasteiger partial charge in [-0.3, -0.25) is 9.59 Å². The fraction of sp³-hybridized carbons (Fsp3) is 0.391. The lowest BCUT2D eigenvalue weighted by atomic mass is 10.1. The van der Waals surface area contributed by atoms with Crippen molar-refractivity contribution in [3.05, 3.63) is 59.7 Å². The summed E-state index contributed by atoms with van der Waals surface area (Å²) in [6, 6.07) is 15.4. The van der Waals surface area contributed by atoms with Crippen LogP contribution < -0.4 is 20.7 Å². The lowest BCUT2D eigenvalue weighted by molar-refractivity contribution is -0.124. The molecule has 0 aliphatic carbocycles. The Kier molecular flexibility index (Phi) is 9.64. The monoisotopic (exact) mass is 431 g/mol. The second kappa shape index (κ2) is 12.2. The molecule has 30 heavy (non-hydrogen) atoms. The van der Waals surface area contributed by atoms with Gasteiger partial charge in [-0.1, -0.05) is 30.3 Å². The van der Waals surface area contributed by atoms with Gasteiger partial charge in [-0.2, -0.15) is 0 Å². The molecule has 0 saturated carbocycles. The first-order valence-electron chi connectivity index (χ1n) is 10.2. The Morgan fingerprint density at radius 3 is 2.60 bits per heavy atom. The Balaban J connectivity index is 0.00000320. The third-order valence-corrected chi connectivity index (χ3v) is 5.03. The van der Waals surface area contributed by atoms with Crippen molar-refractivity contribution in [3.63, 3.8) is 0 Å². The number of aryl methyl sites for hydroxylation is 1. The maximum atomic E-state index is 12.1. The van der Waals surface area contributed by atoms with Gasteiger partial charge >= 0.3 is 0 Å². The summed E-state index contributed by atoms with van der Waals surface area (Å²) in [5.41, 5.74) is 2.85. The average Bonchev–Trinajstić information content (AvgIpc) is 3.27. The van der Waals surface area contributed by atoms with E-state index in [9.17, 15) is 9.59 Å². The van der Waals surface area contributed by atoms with E-state index in [1.54, 1.807) is 0 Å². The number of nitrogens with one attached hydrogen (secondary N) is 3. The first-order valence-corrected chi connectivity index (χ1v) is 10.2. The fourth-order valence-corrected chi connectivity index (χ4v) is 3.27. The zero-order valence-corrected chi connectivity index (χ0v) is 18.1. The first-order chi connectivity index (χ1) is 14.1. The molecule has 162 valence electrons. The third-order valence-electron chi connectivity index (χ3n) is 5.03. The number of benzene rings is 2. The van der Waals surface area contributed by atoms with Crippen LogP contribution in [0.3, 0.4) is 0 Å². The number of rotatable bonds is 9. The number of para-hydroxylation sites is 1. The molecule has 2 aromatic carbocycles. The van der Waals surface area contributed by atoms with Crippen LogP contribution in [0.25, 0.3) is 0 Å². The maximum absolute atomic E-state index is 12.1. The summed E-state index contributed by atoms with van der Waals surface area (Å²) >= 11 is 0. The van der Waals surface area contributed by atoms with E-state index in [2.05, 4.69) is 16.0 Å². The standard InChI is InChI=1S/C23H29N3O3.ClH/c1-17-5-2-3-6-21(17)29-14-4-7-22(27)26-20-10-8-18(9-11-20)15-25-23(28)19-12-13-24-16-19;/h2-3,5-6,8-11,19,24H,4,7,12-16H2,1H3,(H,25,28)(H,26,27);1H. The van der Waals surface area contributed by atoms with Gasteiger partial charge in [-0.15, -0.1) is 12.4 Å². The predicted molar refractivity (Wildman–Crippen MR) is 121 cm³/mol. The Bertz CT molecular complexity index is 821. The molecule has 1 atom stereocenters. The molecule has 1 saturated heterocycles. The van der Waals surface area contributed by atoms with Crippen molar-refractivity contribution < 1.29 is 14.3 Å². The first kappa shape index (κ1) is 23.7. The molecule has 1 unspecified atom stereocenters. The molecule has 0 radical (unpaired) electrons. The van der Waals surface area contributed by atoms with Gasteiger partial charge in [0.25, 0.3) is 0 Å². The van der Waals surface area contributed by atoms with Crippen LogP contribution in [0, 0.1) is 12.8 Å². The average molecular weight is 432 g/mol. The second-order valence-corrected chi connectivity index (χ2v) is 7.37. The van der Waals surface area contributed by atoms with Crippen LogP contribution in [-0.2, 0) is 16.1 Å². The molecule has 6 nitrogen and oxygen atoms in total. The molecule has 1 fully saturated rings. The zero-order valence-electron chi connectivity index (χ0n) is 17.3. The molecular weight excluding hydrogens is 402 g/mol. The van der Waals surface area contributed by atoms with Crippen LogP contribution in [0.15, 0.2) is 48.5 Å². The summed E-state index contributed by atoms with van der Waals surface area (Å²) in [4.78, 5) is 24.2. The number of ether oxygens (including phenoxy) is 1. The van der Waals surface area contributed by atoms with E-state index in [0.29, 0.717) is 26.0 Å². The largest absolute Gasteiger partial charge is 0.493 e. The molecule has 3 rings (SSSR count). The van der Waals surface area contributed by atoms with Gasteiger partial charge in [0.2, 0.25) is 11.8 Å². The molecule has 0 bridgehead atoms. The highest BCUT2D eigenvalue weighted by molar-refractivity contribution is 5.90. The van der Waals surface area contributed by atoms with Crippen molar-refractivity contribution in [2.75, 3.05) is 25.0 Å². The number of carbonyl (C=O) groups is 2. The van der Waals surface area contributed by atoms with Crippen LogP contribution >= 0.6 is 12.4 Å². The number of carbonyl (C=O) groups excluding carboxylic acids is 2. The van der Waals surface area contributed by atoms with Crippen molar-refractivity contribution in [2.45, 2.75) is 32.7 Å². The van der Waals surface area contributed by atoms with Gasteiger partial charge < -0.3 is 20.7 Å². The molecule has 1 aliphatic rings. The van der Waals surface area contributed by atoms with E-state index in [4.69, 9.17) is 4.74 Å². The molecule has 1 heterocycles. The second-order valence-electron chi connectivity index (χ2n) is 7.37. The van der Waals surface area contributed by atoms with E-state index in [1.807, 2.05) is 55.5 Å². The number of hydrogen-bond acceptors (Lipinski definition) is 4. The molecule has 3 N–H and O–H groups in total. The SMILES string of the molecule is Cc1ccccc1OCCCC(=O)Nc1ccc(CNC(=O)C2CCNC2)cc1.Cl. The van der Waals surface area contributed by atoms with Crippen molar-refractivity contribution in [1.82, 2.24) is 10.6 Å². The highest BCUT2D eigenvalue weighted by Gasteiger charge is 2.21. The van der Waals surface area contributed by atoms with Gasteiger partial charge in [-0.05, 0) is 55.6 Å². The number of anilines is 1. The van der Waals surface area contributed by atoms with Crippen molar-refractivity contribution in [2.24, 2.45) is 5.92 Å². The van der Waals surface area contributed by atoms with Gasteiger partial charge in [0, 0.05) is 25.2 Å². The quantitative estimate of drug-likeness (QED) is 0.531. The Labute approximate surface area is 184 Å². The Morgan fingerprint density at radius 2 is 1.90 bits per heavy atom. The summed E-state index contributed by atoms with van der Waals surface area (Å²) in [7, 11) is 0. The van der Waals surface area contributed by atoms with Crippen molar-refractivity contribution in [1.29, 1.82) is 0 Å². The van der Waals surface area contributed by atoms with Gasteiger partial charge in [0.1, 0.15) is 5.75 Å². The molecule has 7 heteroatoms. The number of hydrogen-bond donors (Lipinski definition) is 3. The van der Waals surface area contributed by atoms with Gasteiger partial charge in [0.15, 0.2) is 0 Å². The Hall–Kier alpha value is -2.57. The summed E-state index contributed by atoms with van der Waals surface area (Å²) in [5, 5.41) is 9.07. The lowest BCUT2D eigenvalue weighted by Gasteiger charge is -2.11. The van der Waals surface area contributed by atoms with Crippen molar-refractivity contribution in [3.8, 4) is 5.75 Å². The van der Waals surface area contributed by atoms with Gasteiger partial charge in [0.05, 0.1) is 12.5 Å². The number of halogens is 1. The van der Waals surface area contributed by atoms with E-state index >= 15 is 0 Å². The summed E-state index contributed by atoms with van der Waals surface area (Å²) in [5.74, 6) is 0.997. The molecule has 0 spiro atoms. The highest BCUT2D eigenvalue weighted by Crippen LogP contribution is 2.16. The number of amides is 2. The highest BCUT2D eigenvalue weighted by atomic mass is 35.5. The van der Waals surface area contributed by atoms with E-state index in [0.717, 1.165) is 42.1 Å². The molecule has 2 aromatic rings. The summed E-state index contributed by atoms with van der Waals surface area (Å²) in [6.07, 6.45) is 1.95. The van der Waals surface area contributed by atoms with Crippen LogP contribution in [0.2, 0.25) is 0 Å². The minimum atomic E-state index is -0.0341. The predicted octanol–water partition coefficient (Wildman–Crippen LogP) is 3.44. The lowest BCUT2D eigenvalue weighted by Crippen LogP contribution is -2.31. The summed E-state index contributed by atoms with van der Waals surface area (Å²) < 4.78 is 5.72. The zero-order chi connectivity index (χ0) is 20.5. The van der Waals surface area contributed by atoms with Gasteiger partial charge in [-0.25, -0.2) is 0 Å². The fourth-order valence-electron chi connectivity index (χ4n) is 3.27.